The van der Waals surface area contributed by atoms with Crippen LogP contribution in [-0.2, 0) is 13.1 Å². The first-order chi connectivity index (χ1) is 4.47. The van der Waals surface area contributed by atoms with Crippen molar-refractivity contribution >= 4 is 0 Å². The highest BCUT2D eigenvalue weighted by Crippen LogP contribution is 1.99. The van der Waals surface area contributed by atoms with E-state index in [1.54, 1.807) is 0 Å². The minimum absolute atomic E-state index is 0. The van der Waals surface area contributed by atoms with Crippen LogP contribution in [0.25, 0.3) is 0 Å². The van der Waals surface area contributed by atoms with Crippen molar-refractivity contribution in [3.05, 3.63) is 18.2 Å². The number of hydrogen-bond donors (Lipinski definition) is 1. The van der Waals surface area contributed by atoms with E-state index in [1.165, 1.54) is 0 Å². The van der Waals surface area contributed by atoms with Gasteiger partial charge in [0.15, 0.2) is 0 Å². The Morgan fingerprint density at radius 1 is 1.78 bits per heavy atom. The van der Waals surface area contributed by atoms with E-state index in [1.807, 2.05) is 12.4 Å². The fourth-order valence-corrected chi connectivity index (χ4v) is 1.11. The molecular formula is C6H11N3. The summed E-state index contributed by atoms with van der Waals surface area (Å²) in [7, 11) is 0. The van der Waals surface area contributed by atoms with Crippen LogP contribution in [0.1, 0.15) is 7.25 Å². The van der Waals surface area contributed by atoms with E-state index in [4.69, 9.17) is 0 Å². The molecule has 0 aliphatic carbocycles. The summed E-state index contributed by atoms with van der Waals surface area (Å²) < 4.78 is 2.18. The van der Waals surface area contributed by atoms with Gasteiger partial charge < -0.3 is 9.88 Å². The summed E-state index contributed by atoms with van der Waals surface area (Å²) in [6.45, 7) is 3.06. The molecule has 50 valence electrons. The zero-order chi connectivity index (χ0) is 6.10. The van der Waals surface area contributed by atoms with Crippen LogP contribution in [0.15, 0.2) is 12.4 Å². The van der Waals surface area contributed by atoms with Crippen LogP contribution in [0, 0.1) is 0 Å². The lowest BCUT2D eigenvalue weighted by Gasteiger charge is -2.13. The number of fused-ring (bicyclic) bond motifs is 1. The topological polar surface area (TPSA) is 29.9 Å². The summed E-state index contributed by atoms with van der Waals surface area (Å²) in [5, 5.41) is 3.24. The zero-order valence-electron chi connectivity index (χ0n) is 5.17. The number of rotatable bonds is 0. The van der Waals surface area contributed by atoms with Crippen molar-refractivity contribution in [1.82, 2.24) is 14.9 Å². The lowest BCUT2D eigenvalue weighted by atomic mass is 10.4. The highest BCUT2D eigenvalue weighted by Gasteiger charge is 2.05. The SMILES string of the molecule is [HH].c1cn2c(n1)CNCC2. The van der Waals surface area contributed by atoms with Gasteiger partial charge in [-0.3, -0.25) is 0 Å². The maximum atomic E-state index is 4.16. The van der Waals surface area contributed by atoms with Gasteiger partial charge in [0.1, 0.15) is 5.82 Å². The molecule has 1 aliphatic rings. The normalized spacial score (nSPS) is 17.3. The first kappa shape index (κ1) is 4.99. The molecule has 0 bridgehead atoms. The summed E-state index contributed by atoms with van der Waals surface area (Å²) >= 11 is 0. The quantitative estimate of drug-likeness (QED) is 0.538. The molecule has 1 aromatic heterocycles. The maximum Gasteiger partial charge on any atom is 0.122 e. The van der Waals surface area contributed by atoms with Crippen molar-refractivity contribution in [3.8, 4) is 0 Å². The molecule has 1 N–H and O–H groups in total. The van der Waals surface area contributed by atoms with Gasteiger partial charge in [-0.15, -0.1) is 0 Å². The molecule has 1 aliphatic heterocycles. The van der Waals surface area contributed by atoms with Gasteiger partial charge >= 0.3 is 0 Å². The molecule has 0 atom stereocenters. The summed E-state index contributed by atoms with van der Waals surface area (Å²) in [4.78, 5) is 4.16. The predicted molar refractivity (Wildman–Crippen MR) is 36.0 cm³/mol. The molecule has 0 saturated carbocycles. The average molecular weight is 125 g/mol. The number of aromatic nitrogens is 2. The van der Waals surface area contributed by atoms with E-state index in [0.717, 1.165) is 25.5 Å². The van der Waals surface area contributed by atoms with Crippen LogP contribution in [-0.4, -0.2) is 16.1 Å². The van der Waals surface area contributed by atoms with Crippen molar-refractivity contribution in [3.63, 3.8) is 0 Å². The van der Waals surface area contributed by atoms with Gasteiger partial charge in [0.05, 0.1) is 6.54 Å². The Kier molecular flexibility index (Phi) is 1.02. The van der Waals surface area contributed by atoms with E-state index in [-0.39, 0.29) is 1.43 Å². The molecule has 0 aromatic carbocycles. The minimum Gasteiger partial charge on any atom is -0.333 e. The Bertz CT molecular complexity index is 188. The molecule has 3 nitrogen and oxygen atoms in total. The van der Waals surface area contributed by atoms with Gasteiger partial charge in [0.25, 0.3) is 0 Å². The highest BCUT2D eigenvalue weighted by atomic mass is 15.1. The second kappa shape index (κ2) is 1.84. The Morgan fingerprint density at radius 2 is 2.78 bits per heavy atom. The standard InChI is InChI=1S/C6H9N3.H2/c1-3-9-4-2-8-6(9)5-7-1;/h2,4,7H,1,3,5H2;1H. The fourth-order valence-electron chi connectivity index (χ4n) is 1.11. The summed E-state index contributed by atoms with van der Waals surface area (Å²) in [6, 6.07) is 0. The molecule has 0 unspecified atom stereocenters. The number of imidazole rings is 1. The van der Waals surface area contributed by atoms with E-state index < -0.39 is 0 Å². The van der Waals surface area contributed by atoms with E-state index in [2.05, 4.69) is 14.9 Å². The van der Waals surface area contributed by atoms with Crippen LogP contribution < -0.4 is 5.32 Å². The van der Waals surface area contributed by atoms with Crippen LogP contribution in [0.2, 0.25) is 0 Å². The van der Waals surface area contributed by atoms with E-state index in [0.29, 0.717) is 0 Å². The van der Waals surface area contributed by atoms with Crippen LogP contribution in [0.3, 0.4) is 0 Å². The molecule has 2 rings (SSSR count). The first-order valence-corrected chi connectivity index (χ1v) is 3.17. The molecule has 0 fully saturated rings. The third-order valence-corrected chi connectivity index (χ3v) is 1.61. The largest absolute Gasteiger partial charge is 0.333 e. The summed E-state index contributed by atoms with van der Waals surface area (Å²) in [6.07, 6.45) is 3.87. The Hall–Kier alpha value is -0.830. The lowest BCUT2D eigenvalue weighted by molar-refractivity contribution is 0.505. The number of nitrogens with one attached hydrogen (secondary N) is 1. The van der Waals surface area contributed by atoms with E-state index >= 15 is 0 Å². The molecule has 0 radical (unpaired) electrons. The Morgan fingerprint density at radius 3 is 3.67 bits per heavy atom. The number of hydrogen-bond acceptors (Lipinski definition) is 2. The molecule has 2 heterocycles. The van der Waals surface area contributed by atoms with Crippen molar-refractivity contribution in [1.29, 1.82) is 0 Å². The second-order valence-electron chi connectivity index (χ2n) is 2.21. The maximum absolute atomic E-state index is 4.16. The lowest BCUT2D eigenvalue weighted by Crippen LogP contribution is -2.27. The molecular weight excluding hydrogens is 114 g/mol. The molecule has 9 heavy (non-hydrogen) atoms. The predicted octanol–water partition coefficient (Wildman–Crippen LogP) is 0.232. The summed E-state index contributed by atoms with van der Waals surface area (Å²) in [5.41, 5.74) is 0. The van der Waals surface area contributed by atoms with Gasteiger partial charge in [-0.2, -0.15) is 0 Å². The van der Waals surface area contributed by atoms with Gasteiger partial charge in [0.2, 0.25) is 0 Å². The molecule has 0 amide bonds. The third-order valence-electron chi connectivity index (χ3n) is 1.61. The van der Waals surface area contributed by atoms with Crippen LogP contribution in [0.5, 0.6) is 0 Å². The zero-order valence-corrected chi connectivity index (χ0v) is 5.17. The number of nitrogens with zero attached hydrogens (tertiary/aromatic N) is 2. The van der Waals surface area contributed by atoms with Crippen LogP contribution >= 0.6 is 0 Å². The highest BCUT2D eigenvalue weighted by molar-refractivity contribution is 4.94. The van der Waals surface area contributed by atoms with Crippen molar-refractivity contribution < 1.29 is 1.43 Å². The fraction of sp³-hybridized carbons (Fsp3) is 0.500. The average Bonchev–Trinajstić information content (AvgIpc) is 2.33. The van der Waals surface area contributed by atoms with Gasteiger partial charge in [0, 0.05) is 26.9 Å². The molecule has 3 heteroatoms. The molecule has 0 spiro atoms. The van der Waals surface area contributed by atoms with Gasteiger partial charge in [-0.05, 0) is 0 Å². The van der Waals surface area contributed by atoms with Crippen molar-refractivity contribution in [2.24, 2.45) is 0 Å². The van der Waals surface area contributed by atoms with Crippen molar-refractivity contribution in [2.75, 3.05) is 6.54 Å². The van der Waals surface area contributed by atoms with Crippen LogP contribution in [0.4, 0.5) is 0 Å². The van der Waals surface area contributed by atoms with Gasteiger partial charge in [-0.1, -0.05) is 0 Å². The Balaban J connectivity index is 0.000000500. The minimum atomic E-state index is 0. The van der Waals surface area contributed by atoms with Crippen molar-refractivity contribution in [2.45, 2.75) is 13.1 Å². The first-order valence-electron chi connectivity index (χ1n) is 3.17. The van der Waals surface area contributed by atoms with E-state index in [9.17, 15) is 0 Å². The molecule has 0 saturated heterocycles. The second-order valence-corrected chi connectivity index (χ2v) is 2.21. The molecule has 1 aromatic rings. The smallest absolute Gasteiger partial charge is 0.122 e. The summed E-state index contributed by atoms with van der Waals surface area (Å²) in [5.74, 6) is 1.15. The van der Waals surface area contributed by atoms with Gasteiger partial charge in [-0.25, -0.2) is 4.98 Å². The third kappa shape index (κ3) is 0.733. The monoisotopic (exact) mass is 125 g/mol. The Labute approximate surface area is 55.2 Å².